The number of aromatic amines is 1. The van der Waals surface area contributed by atoms with E-state index in [-0.39, 0.29) is 16.6 Å². The van der Waals surface area contributed by atoms with E-state index in [1.807, 2.05) is 0 Å². The summed E-state index contributed by atoms with van der Waals surface area (Å²) in [4.78, 5) is 13.3. The molecule has 16 heavy (non-hydrogen) atoms. The van der Waals surface area contributed by atoms with Crippen molar-refractivity contribution in [3.8, 4) is 0 Å². The highest BCUT2D eigenvalue weighted by Gasteiger charge is 2.27. The van der Waals surface area contributed by atoms with Crippen molar-refractivity contribution in [1.29, 1.82) is 0 Å². The van der Waals surface area contributed by atoms with Crippen LogP contribution >= 0.6 is 0 Å². The number of alkyl halides is 2. The van der Waals surface area contributed by atoms with Gasteiger partial charge in [-0.05, 0) is 12.1 Å². The highest BCUT2D eigenvalue weighted by Crippen LogP contribution is 2.33. The van der Waals surface area contributed by atoms with E-state index in [9.17, 15) is 13.6 Å². The van der Waals surface area contributed by atoms with Crippen LogP contribution in [0.2, 0.25) is 0 Å². The molecule has 1 aromatic carbocycles. The Balaban J connectivity index is 2.73. The lowest BCUT2D eigenvalue weighted by molar-refractivity contribution is 0.0191. The Morgan fingerprint density at radius 3 is 2.69 bits per heavy atom. The van der Waals surface area contributed by atoms with E-state index in [1.165, 1.54) is 18.2 Å². The predicted molar refractivity (Wildman–Crippen MR) is 54.8 cm³/mol. The Bertz CT molecular complexity index is 555. The summed E-state index contributed by atoms with van der Waals surface area (Å²) in [6.45, 7) is 0.787. The van der Waals surface area contributed by atoms with E-state index in [2.05, 4.69) is 4.98 Å². The molecule has 2 N–H and O–H groups in total. The Morgan fingerprint density at radius 2 is 2.12 bits per heavy atom. The first kappa shape index (κ1) is 10.6. The minimum atomic E-state index is -2.99. The van der Waals surface area contributed by atoms with Crippen LogP contribution in [0.3, 0.4) is 0 Å². The zero-order valence-electron chi connectivity index (χ0n) is 8.42. The summed E-state index contributed by atoms with van der Waals surface area (Å²) in [5.41, 5.74) is 0.136. The number of H-pyrrole nitrogens is 1. The van der Waals surface area contributed by atoms with Crippen molar-refractivity contribution in [1.82, 2.24) is 4.98 Å². The molecule has 0 aliphatic carbocycles. The van der Waals surface area contributed by atoms with E-state index >= 15 is 0 Å². The van der Waals surface area contributed by atoms with E-state index in [1.54, 1.807) is 6.07 Å². The van der Waals surface area contributed by atoms with E-state index in [0.717, 1.165) is 6.92 Å². The number of benzene rings is 1. The average molecular weight is 225 g/mol. The van der Waals surface area contributed by atoms with Crippen molar-refractivity contribution in [3.63, 3.8) is 0 Å². The summed E-state index contributed by atoms with van der Waals surface area (Å²) in [6.07, 6.45) is 0. The number of aromatic carboxylic acids is 1. The molecule has 0 aliphatic rings. The van der Waals surface area contributed by atoms with Gasteiger partial charge in [-0.25, -0.2) is 13.6 Å². The first-order valence-corrected chi connectivity index (χ1v) is 4.63. The minimum absolute atomic E-state index is 0.0910. The molecular weight excluding hydrogens is 216 g/mol. The van der Waals surface area contributed by atoms with Crippen molar-refractivity contribution in [2.24, 2.45) is 0 Å². The first-order valence-electron chi connectivity index (χ1n) is 4.63. The SMILES string of the molecule is CC(F)(F)c1cccc2[nH]c(C(=O)O)cc12. The number of hydrogen-bond donors (Lipinski definition) is 2. The molecule has 1 aromatic heterocycles. The number of halogens is 2. The third kappa shape index (κ3) is 1.64. The van der Waals surface area contributed by atoms with Crippen molar-refractivity contribution < 1.29 is 18.7 Å². The first-order chi connectivity index (χ1) is 7.39. The maximum Gasteiger partial charge on any atom is 0.352 e. The average Bonchev–Trinajstić information content (AvgIpc) is 2.58. The Kier molecular flexibility index (Phi) is 2.18. The number of fused-ring (bicyclic) bond motifs is 1. The summed E-state index contributed by atoms with van der Waals surface area (Å²) in [5.74, 6) is -4.15. The number of hydrogen-bond acceptors (Lipinski definition) is 1. The monoisotopic (exact) mass is 225 g/mol. The molecule has 0 radical (unpaired) electrons. The van der Waals surface area contributed by atoms with Gasteiger partial charge in [0.25, 0.3) is 5.92 Å². The van der Waals surface area contributed by atoms with Crippen molar-refractivity contribution in [2.75, 3.05) is 0 Å². The van der Waals surface area contributed by atoms with Gasteiger partial charge < -0.3 is 10.1 Å². The highest BCUT2D eigenvalue weighted by atomic mass is 19.3. The van der Waals surface area contributed by atoms with Crippen LogP contribution in [0.4, 0.5) is 8.78 Å². The van der Waals surface area contributed by atoms with Gasteiger partial charge in [-0.15, -0.1) is 0 Å². The van der Waals surface area contributed by atoms with E-state index in [4.69, 9.17) is 5.11 Å². The smallest absolute Gasteiger partial charge is 0.352 e. The fourth-order valence-corrected chi connectivity index (χ4v) is 1.65. The van der Waals surface area contributed by atoms with E-state index in [0.29, 0.717) is 5.52 Å². The summed E-state index contributed by atoms with van der Waals surface area (Å²) < 4.78 is 26.5. The fraction of sp³-hybridized carbons (Fsp3) is 0.182. The normalized spacial score (nSPS) is 11.9. The van der Waals surface area contributed by atoms with Gasteiger partial charge in [0, 0.05) is 23.4 Å². The third-order valence-corrected chi connectivity index (χ3v) is 2.37. The fourth-order valence-electron chi connectivity index (χ4n) is 1.65. The molecular formula is C11H9F2NO2. The second-order valence-electron chi connectivity index (χ2n) is 3.64. The van der Waals surface area contributed by atoms with Gasteiger partial charge in [0.05, 0.1) is 0 Å². The summed E-state index contributed by atoms with van der Waals surface area (Å²) in [7, 11) is 0. The van der Waals surface area contributed by atoms with Gasteiger partial charge in [-0.3, -0.25) is 0 Å². The molecule has 0 unspecified atom stereocenters. The summed E-state index contributed by atoms with van der Waals surface area (Å²) in [6, 6.07) is 5.56. The van der Waals surface area contributed by atoms with Gasteiger partial charge in [0.15, 0.2) is 0 Å². The molecule has 0 spiro atoms. The molecule has 2 aromatic rings. The van der Waals surface area contributed by atoms with Crippen LogP contribution in [-0.4, -0.2) is 16.1 Å². The largest absolute Gasteiger partial charge is 0.477 e. The topological polar surface area (TPSA) is 53.1 Å². The number of carboxylic acid groups (broad SMARTS) is 1. The lowest BCUT2D eigenvalue weighted by Gasteiger charge is -2.11. The molecule has 0 atom stereocenters. The standard InChI is InChI=1S/C11H9F2NO2/c1-11(12,13)7-3-2-4-8-6(7)5-9(14-8)10(15)16/h2-5,14H,1H3,(H,15,16). The molecule has 84 valence electrons. The number of aromatic nitrogens is 1. The zero-order valence-corrected chi connectivity index (χ0v) is 8.42. The number of nitrogens with one attached hydrogen (secondary N) is 1. The predicted octanol–water partition coefficient (Wildman–Crippen LogP) is 2.98. The maximum absolute atomic E-state index is 13.2. The molecule has 0 bridgehead atoms. The molecule has 0 saturated heterocycles. The molecule has 5 heteroatoms. The zero-order chi connectivity index (χ0) is 11.9. The van der Waals surface area contributed by atoms with Gasteiger partial charge in [-0.2, -0.15) is 0 Å². The third-order valence-electron chi connectivity index (χ3n) is 2.37. The van der Waals surface area contributed by atoms with Crippen molar-refractivity contribution >= 4 is 16.9 Å². The second-order valence-corrected chi connectivity index (χ2v) is 3.64. The van der Waals surface area contributed by atoms with Crippen LogP contribution in [0.25, 0.3) is 10.9 Å². The van der Waals surface area contributed by atoms with Gasteiger partial charge >= 0.3 is 5.97 Å². The summed E-state index contributed by atoms with van der Waals surface area (Å²) in [5, 5.41) is 9.00. The molecule has 0 aliphatic heterocycles. The Labute approximate surface area is 89.7 Å². The molecule has 0 fully saturated rings. The Morgan fingerprint density at radius 1 is 1.44 bits per heavy atom. The minimum Gasteiger partial charge on any atom is -0.477 e. The number of carboxylic acids is 1. The lowest BCUT2D eigenvalue weighted by Crippen LogP contribution is -2.06. The van der Waals surface area contributed by atoms with Crippen LogP contribution in [0.15, 0.2) is 24.3 Å². The van der Waals surface area contributed by atoms with Gasteiger partial charge in [0.1, 0.15) is 5.69 Å². The molecule has 0 amide bonds. The molecule has 2 rings (SSSR count). The van der Waals surface area contributed by atoms with Crippen molar-refractivity contribution in [3.05, 3.63) is 35.5 Å². The van der Waals surface area contributed by atoms with Gasteiger partial charge in [0.2, 0.25) is 0 Å². The Hall–Kier alpha value is -1.91. The number of carbonyl (C=O) groups is 1. The second kappa shape index (κ2) is 3.30. The van der Waals surface area contributed by atoms with Gasteiger partial charge in [-0.1, -0.05) is 12.1 Å². The van der Waals surface area contributed by atoms with Crippen LogP contribution in [0.5, 0.6) is 0 Å². The molecule has 3 nitrogen and oxygen atoms in total. The van der Waals surface area contributed by atoms with Crippen LogP contribution in [-0.2, 0) is 5.92 Å². The van der Waals surface area contributed by atoms with E-state index < -0.39 is 11.9 Å². The number of rotatable bonds is 2. The van der Waals surface area contributed by atoms with Crippen LogP contribution in [0.1, 0.15) is 23.0 Å². The maximum atomic E-state index is 13.2. The highest BCUT2D eigenvalue weighted by molar-refractivity contribution is 5.95. The summed E-state index contributed by atoms with van der Waals surface area (Å²) >= 11 is 0. The van der Waals surface area contributed by atoms with Crippen LogP contribution in [0, 0.1) is 0 Å². The molecule has 0 saturated carbocycles. The van der Waals surface area contributed by atoms with Crippen molar-refractivity contribution in [2.45, 2.75) is 12.8 Å². The quantitative estimate of drug-likeness (QED) is 0.825. The van der Waals surface area contributed by atoms with Crippen LogP contribution < -0.4 is 0 Å². The lowest BCUT2D eigenvalue weighted by atomic mass is 10.1. The molecule has 1 heterocycles.